The summed E-state index contributed by atoms with van der Waals surface area (Å²) in [6.45, 7) is 5.46. The van der Waals surface area contributed by atoms with Crippen molar-refractivity contribution in [3.63, 3.8) is 0 Å². The first-order valence-electron chi connectivity index (χ1n) is 8.51. The van der Waals surface area contributed by atoms with Gasteiger partial charge in [0, 0.05) is 28.7 Å². The van der Waals surface area contributed by atoms with Crippen LogP contribution >= 0.6 is 0 Å². The fourth-order valence-corrected chi connectivity index (χ4v) is 3.67. The molecule has 0 spiro atoms. The van der Waals surface area contributed by atoms with Crippen molar-refractivity contribution in [3.8, 4) is 11.3 Å². The van der Waals surface area contributed by atoms with Gasteiger partial charge in [0.05, 0.1) is 11.2 Å². The maximum atomic E-state index is 6.27. The van der Waals surface area contributed by atoms with Gasteiger partial charge >= 0.3 is 0 Å². The fraction of sp³-hybridized carbons (Fsp3) is 0.300. The van der Waals surface area contributed by atoms with E-state index in [1.165, 1.54) is 11.1 Å². The number of likely N-dealkylation sites (N-methyl/N-ethyl adjacent to an activating group) is 1. The number of nitrogens with zero attached hydrogens (tertiary/aromatic N) is 3. The molecule has 5 nitrogen and oxygen atoms in total. The van der Waals surface area contributed by atoms with E-state index in [0.29, 0.717) is 5.69 Å². The number of nitrogens with two attached hydrogens (primary N) is 2. The molecule has 1 aromatic heterocycles. The second-order valence-electron chi connectivity index (χ2n) is 7.46. The number of benzene rings is 2. The molecular formula is C20H23N5. The van der Waals surface area contributed by atoms with Crippen LogP contribution in [-0.2, 0) is 13.0 Å². The summed E-state index contributed by atoms with van der Waals surface area (Å²) >= 11 is 0. The lowest BCUT2D eigenvalue weighted by atomic mass is 9.82. The number of hydrogen-bond donors (Lipinski definition) is 2. The van der Waals surface area contributed by atoms with E-state index in [1.54, 1.807) is 0 Å². The SMILES string of the molecule is CN1Cc2cccc(-c3nc(N)nc4cccc(N)c34)c2CC1(C)C. The zero-order valence-corrected chi connectivity index (χ0v) is 14.9. The van der Waals surface area contributed by atoms with Crippen molar-refractivity contribution in [2.45, 2.75) is 32.4 Å². The predicted octanol–water partition coefficient (Wildman–Crippen LogP) is 3.23. The minimum atomic E-state index is 0.0863. The number of fused-ring (bicyclic) bond motifs is 2. The lowest BCUT2D eigenvalue weighted by Crippen LogP contribution is -2.46. The zero-order chi connectivity index (χ0) is 17.8. The molecule has 0 unspecified atom stereocenters. The molecule has 0 radical (unpaired) electrons. The van der Waals surface area contributed by atoms with Crippen molar-refractivity contribution >= 4 is 22.5 Å². The highest BCUT2D eigenvalue weighted by Crippen LogP contribution is 2.38. The summed E-state index contributed by atoms with van der Waals surface area (Å²) < 4.78 is 0. The topological polar surface area (TPSA) is 81.1 Å². The highest BCUT2D eigenvalue weighted by Gasteiger charge is 2.32. The van der Waals surface area contributed by atoms with Crippen molar-refractivity contribution in [1.29, 1.82) is 0 Å². The first kappa shape index (κ1) is 15.8. The van der Waals surface area contributed by atoms with Crippen LogP contribution in [-0.4, -0.2) is 27.5 Å². The van der Waals surface area contributed by atoms with Crippen LogP contribution in [0.4, 0.5) is 11.6 Å². The second kappa shape index (κ2) is 5.43. The van der Waals surface area contributed by atoms with Crippen LogP contribution in [0.5, 0.6) is 0 Å². The van der Waals surface area contributed by atoms with Crippen LogP contribution < -0.4 is 11.5 Å². The Labute approximate surface area is 147 Å². The van der Waals surface area contributed by atoms with Gasteiger partial charge in [-0.25, -0.2) is 9.97 Å². The molecule has 4 rings (SSSR count). The van der Waals surface area contributed by atoms with E-state index < -0.39 is 0 Å². The lowest BCUT2D eigenvalue weighted by molar-refractivity contribution is 0.133. The normalized spacial score (nSPS) is 16.8. The van der Waals surface area contributed by atoms with Crippen LogP contribution in [0, 0.1) is 0 Å². The summed E-state index contributed by atoms with van der Waals surface area (Å²) in [6, 6.07) is 12.1. The monoisotopic (exact) mass is 333 g/mol. The van der Waals surface area contributed by atoms with E-state index in [0.717, 1.165) is 35.1 Å². The molecule has 128 valence electrons. The first-order chi connectivity index (χ1) is 11.9. The third-order valence-corrected chi connectivity index (χ3v) is 5.35. The van der Waals surface area contributed by atoms with Gasteiger partial charge in [-0.1, -0.05) is 24.3 Å². The highest BCUT2D eigenvalue weighted by atomic mass is 15.2. The van der Waals surface area contributed by atoms with Crippen molar-refractivity contribution in [3.05, 3.63) is 47.5 Å². The van der Waals surface area contributed by atoms with Gasteiger partial charge in [0.25, 0.3) is 0 Å². The summed E-state index contributed by atoms with van der Waals surface area (Å²) in [5.74, 6) is 0.276. The van der Waals surface area contributed by atoms with Crippen molar-refractivity contribution in [1.82, 2.24) is 14.9 Å². The maximum Gasteiger partial charge on any atom is 0.221 e. The van der Waals surface area contributed by atoms with Gasteiger partial charge in [-0.2, -0.15) is 0 Å². The quantitative estimate of drug-likeness (QED) is 0.668. The van der Waals surface area contributed by atoms with Crippen LogP contribution in [0.2, 0.25) is 0 Å². The summed E-state index contributed by atoms with van der Waals surface area (Å²) in [7, 11) is 2.17. The molecule has 0 aliphatic carbocycles. The maximum absolute atomic E-state index is 6.27. The van der Waals surface area contributed by atoms with Gasteiger partial charge in [0.1, 0.15) is 0 Å². The smallest absolute Gasteiger partial charge is 0.221 e. The third kappa shape index (κ3) is 2.51. The van der Waals surface area contributed by atoms with E-state index in [4.69, 9.17) is 11.5 Å². The molecule has 3 aromatic rings. The van der Waals surface area contributed by atoms with Crippen LogP contribution in [0.1, 0.15) is 25.0 Å². The Hall–Kier alpha value is -2.66. The molecule has 1 aliphatic heterocycles. The van der Waals surface area contributed by atoms with Crippen LogP contribution in [0.15, 0.2) is 36.4 Å². The average Bonchev–Trinajstić information content (AvgIpc) is 2.54. The molecule has 2 heterocycles. The Kier molecular flexibility index (Phi) is 3.44. The summed E-state index contributed by atoms with van der Waals surface area (Å²) in [6.07, 6.45) is 0.952. The number of hydrogen-bond acceptors (Lipinski definition) is 5. The molecular weight excluding hydrogens is 310 g/mol. The molecule has 4 N–H and O–H groups in total. The van der Waals surface area contributed by atoms with Gasteiger partial charge in [0.2, 0.25) is 5.95 Å². The Balaban J connectivity index is 2.02. The minimum Gasteiger partial charge on any atom is -0.398 e. The third-order valence-electron chi connectivity index (χ3n) is 5.35. The van der Waals surface area contributed by atoms with Gasteiger partial charge in [-0.15, -0.1) is 0 Å². The van der Waals surface area contributed by atoms with E-state index in [2.05, 4.69) is 54.0 Å². The highest BCUT2D eigenvalue weighted by molar-refractivity contribution is 6.01. The molecule has 0 amide bonds. The molecule has 5 heteroatoms. The van der Waals surface area contributed by atoms with Gasteiger partial charge < -0.3 is 11.5 Å². The minimum absolute atomic E-state index is 0.0863. The molecule has 0 atom stereocenters. The Morgan fingerprint density at radius 1 is 1.04 bits per heavy atom. The molecule has 25 heavy (non-hydrogen) atoms. The number of aromatic nitrogens is 2. The summed E-state index contributed by atoms with van der Waals surface area (Å²) in [5.41, 5.74) is 18.4. The van der Waals surface area contributed by atoms with Gasteiger partial charge in [-0.05, 0) is 50.6 Å². The molecule has 0 bridgehead atoms. The molecule has 0 saturated carbocycles. The van der Waals surface area contributed by atoms with Crippen molar-refractivity contribution in [2.24, 2.45) is 0 Å². The Bertz CT molecular complexity index is 977. The van der Waals surface area contributed by atoms with Crippen LogP contribution in [0.3, 0.4) is 0 Å². The summed E-state index contributed by atoms with van der Waals surface area (Å²) in [4.78, 5) is 11.3. The second-order valence-corrected chi connectivity index (χ2v) is 7.46. The van der Waals surface area contributed by atoms with Crippen molar-refractivity contribution in [2.75, 3.05) is 18.5 Å². The molecule has 0 fully saturated rings. The fourth-order valence-electron chi connectivity index (χ4n) is 3.67. The first-order valence-corrected chi connectivity index (χ1v) is 8.51. The average molecular weight is 333 g/mol. The largest absolute Gasteiger partial charge is 0.398 e. The molecule has 1 aliphatic rings. The number of nitrogen functional groups attached to an aromatic ring is 2. The van der Waals surface area contributed by atoms with Gasteiger partial charge in [-0.3, -0.25) is 4.90 Å². The predicted molar refractivity (Wildman–Crippen MR) is 103 cm³/mol. The molecule has 0 saturated heterocycles. The number of rotatable bonds is 1. The Morgan fingerprint density at radius 2 is 1.80 bits per heavy atom. The van der Waals surface area contributed by atoms with E-state index >= 15 is 0 Å². The van der Waals surface area contributed by atoms with Crippen LogP contribution in [0.25, 0.3) is 22.2 Å². The van der Waals surface area contributed by atoms with E-state index in [1.807, 2.05) is 18.2 Å². The standard InChI is InChI=1S/C20H23N5/c1-20(2)10-14-12(11-25(20)3)6-4-7-13(14)18-17-15(21)8-5-9-16(17)23-19(22)24-18/h4-9H,10-11,21H2,1-3H3,(H2,22,23,24). The summed E-state index contributed by atoms with van der Waals surface area (Å²) in [5, 5.41) is 0.877. The zero-order valence-electron chi connectivity index (χ0n) is 14.9. The van der Waals surface area contributed by atoms with E-state index in [9.17, 15) is 0 Å². The number of anilines is 2. The Morgan fingerprint density at radius 3 is 2.60 bits per heavy atom. The van der Waals surface area contributed by atoms with Crippen molar-refractivity contribution < 1.29 is 0 Å². The van der Waals surface area contributed by atoms with Gasteiger partial charge in [0.15, 0.2) is 0 Å². The molecule has 2 aromatic carbocycles. The van der Waals surface area contributed by atoms with E-state index in [-0.39, 0.29) is 11.5 Å². The lowest BCUT2D eigenvalue weighted by Gasteiger charge is -2.41.